The van der Waals surface area contributed by atoms with Crippen molar-refractivity contribution in [2.45, 2.75) is 13.3 Å². The van der Waals surface area contributed by atoms with Gasteiger partial charge in [-0.25, -0.2) is 0 Å². The van der Waals surface area contributed by atoms with Crippen LogP contribution in [0.2, 0.25) is 5.02 Å². The normalized spacial score (nSPS) is 13.7. The van der Waals surface area contributed by atoms with Gasteiger partial charge in [-0.3, -0.25) is 9.59 Å². The molecule has 0 atom stereocenters. The van der Waals surface area contributed by atoms with Crippen LogP contribution in [0.3, 0.4) is 0 Å². The predicted molar refractivity (Wildman–Crippen MR) is 118 cm³/mol. The van der Waals surface area contributed by atoms with E-state index in [2.05, 4.69) is 10.2 Å². The number of halogens is 1. The van der Waals surface area contributed by atoms with Crippen molar-refractivity contribution in [1.29, 1.82) is 0 Å². The van der Waals surface area contributed by atoms with Gasteiger partial charge in [-0.1, -0.05) is 24.6 Å². The minimum atomic E-state index is -0.296. The Morgan fingerprint density at radius 2 is 1.67 bits per heavy atom. The van der Waals surface area contributed by atoms with E-state index in [0.29, 0.717) is 60.4 Å². The maximum absolute atomic E-state index is 12.9. The van der Waals surface area contributed by atoms with Gasteiger partial charge < -0.3 is 24.6 Å². The molecule has 160 valence electrons. The van der Waals surface area contributed by atoms with Gasteiger partial charge in [0.2, 0.25) is 5.91 Å². The summed E-state index contributed by atoms with van der Waals surface area (Å²) in [7, 11) is 3.07. The maximum Gasteiger partial charge on any atom is 0.255 e. The topological polar surface area (TPSA) is 71.1 Å². The van der Waals surface area contributed by atoms with Gasteiger partial charge in [0.15, 0.2) is 0 Å². The molecule has 2 aromatic carbocycles. The molecule has 1 saturated heterocycles. The zero-order chi connectivity index (χ0) is 21.7. The molecule has 2 amide bonds. The van der Waals surface area contributed by atoms with Crippen molar-refractivity contribution in [2.75, 3.05) is 50.6 Å². The fraction of sp³-hybridized carbons (Fsp3) is 0.364. The third kappa shape index (κ3) is 4.79. The minimum Gasteiger partial charge on any atom is -0.497 e. The fourth-order valence-electron chi connectivity index (χ4n) is 3.47. The summed E-state index contributed by atoms with van der Waals surface area (Å²) >= 11 is 6.50. The van der Waals surface area contributed by atoms with Crippen molar-refractivity contribution in [3.8, 4) is 11.5 Å². The molecule has 3 rings (SSSR count). The summed E-state index contributed by atoms with van der Waals surface area (Å²) in [4.78, 5) is 28.9. The first kappa shape index (κ1) is 21.8. The number of nitrogens with zero attached hydrogens (tertiary/aromatic N) is 2. The number of para-hydroxylation sites is 1. The Morgan fingerprint density at radius 1 is 1.03 bits per heavy atom. The highest BCUT2D eigenvalue weighted by Crippen LogP contribution is 2.35. The van der Waals surface area contributed by atoms with Crippen LogP contribution < -0.4 is 19.7 Å². The van der Waals surface area contributed by atoms with Gasteiger partial charge in [-0.2, -0.15) is 0 Å². The molecule has 8 heteroatoms. The molecule has 1 aliphatic heterocycles. The van der Waals surface area contributed by atoms with Gasteiger partial charge in [-0.05, 0) is 24.3 Å². The Labute approximate surface area is 181 Å². The van der Waals surface area contributed by atoms with Gasteiger partial charge in [0.1, 0.15) is 11.5 Å². The summed E-state index contributed by atoms with van der Waals surface area (Å²) < 4.78 is 10.5. The monoisotopic (exact) mass is 431 g/mol. The van der Waals surface area contributed by atoms with Crippen LogP contribution in [0.1, 0.15) is 23.7 Å². The Hall–Kier alpha value is -2.93. The summed E-state index contributed by atoms with van der Waals surface area (Å²) in [6, 6.07) is 10.4. The molecular weight excluding hydrogens is 406 g/mol. The van der Waals surface area contributed by atoms with Crippen LogP contribution in [0.15, 0.2) is 36.4 Å². The zero-order valence-electron chi connectivity index (χ0n) is 17.4. The van der Waals surface area contributed by atoms with Gasteiger partial charge in [0.25, 0.3) is 5.91 Å². The number of ether oxygens (including phenoxy) is 2. The number of carbonyl (C=O) groups excluding carboxylic acids is 2. The summed E-state index contributed by atoms with van der Waals surface area (Å²) in [5.74, 6) is 0.912. The van der Waals surface area contributed by atoms with E-state index in [9.17, 15) is 9.59 Å². The quantitative estimate of drug-likeness (QED) is 0.755. The van der Waals surface area contributed by atoms with Gasteiger partial charge in [0, 0.05) is 44.2 Å². The fourth-order valence-corrected chi connectivity index (χ4v) is 3.77. The Kier molecular flexibility index (Phi) is 7.05. The van der Waals surface area contributed by atoms with Crippen LogP contribution in [0.4, 0.5) is 11.4 Å². The van der Waals surface area contributed by atoms with Crippen molar-refractivity contribution in [3.05, 3.63) is 47.0 Å². The molecule has 1 fully saturated rings. The highest BCUT2D eigenvalue weighted by atomic mass is 35.5. The number of benzene rings is 2. The molecule has 1 aliphatic rings. The second-order valence-corrected chi connectivity index (χ2v) is 7.32. The first-order chi connectivity index (χ1) is 14.5. The van der Waals surface area contributed by atoms with E-state index in [1.807, 2.05) is 17.9 Å². The molecule has 0 radical (unpaired) electrons. The highest BCUT2D eigenvalue weighted by Gasteiger charge is 2.24. The van der Waals surface area contributed by atoms with E-state index in [4.69, 9.17) is 21.1 Å². The van der Waals surface area contributed by atoms with E-state index in [1.54, 1.807) is 30.3 Å². The first-order valence-corrected chi connectivity index (χ1v) is 10.2. The SMILES string of the molecule is CCC(=O)N1CCN(c2c(Cl)cccc2NC(=O)c2cc(OC)cc(OC)c2)CC1. The van der Waals surface area contributed by atoms with Crippen LogP contribution >= 0.6 is 11.6 Å². The van der Waals surface area contributed by atoms with Crippen molar-refractivity contribution >= 4 is 34.8 Å². The molecular formula is C22H26ClN3O4. The number of nitrogens with one attached hydrogen (secondary N) is 1. The van der Waals surface area contributed by atoms with E-state index in [-0.39, 0.29) is 11.8 Å². The number of hydrogen-bond donors (Lipinski definition) is 1. The van der Waals surface area contributed by atoms with E-state index >= 15 is 0 Å². The van der Waals surface area contributed by atoms with Gasteiger partial charge in [-0.15, -0.1) is 0 Å². The van der Waals surface area contributed by atoms with E-state index < -0.39 is 0 Å². The molecule has 1 N–H and O–H groups in total. The Morgan fingerprint density at radius 3 is 2.23 bits per heavy atom. The smallest absolute Gasteiger partial charge is 0.255 e. The molecule has 0 aliphatic carbocycles. The number of piperazine rings is 1. The molecule has 30 heavy (non-hydrogen) atoms. The third-order valence-corrected chi connectivity index (χ3v) is 5.40. The number of anilines is 2. The summed E-state index contributed by atoms with van der Waals surface area (Å²) in [5.41, 5.74) is 1.78. The molecule has 0 saturated carbocycles. The summed E-state index contributed by atoms with van der Waals surface area (Å²) in [6.45, 7) is 4.40. The van der Waals surface area contributed by atoms with Crippen LogP contribution in [0, 0.1) is 0 Å². The summed E-state index contributed by atoms with van der Waals surface area (Å²) in [5, 5.41) is 3.50. The average molecular weight is 432 g/mol. The van der Waals surface area contributed by atoms with Crippen molar-refractivity contribution in [3.63, 3.8) is 0 Å². The van der Waals surface area contributed by atoms with Crippen LogP contribution in [0.25, 0.3) is 0 Å². The molecule has 0 aromatic heterocycles. The van der Waals surface area contributed by atoms with Crippen molar-refractivity contribution < 1.29 is 19.1 Å². The standard InChI is InChI=1S/C22H26ClN3O4/c1-4-20(27)25-8-10-26(11-9-25)21-18(23)6-5-7-19(21)24-22(28)15-12-16(29-2)14-17(13-15)30-3/h5-7,12-14H,4,8-11H2,1-3H3,(H,24,28). The minimum absolute atomic E-state index is 0.148. The van der Waals surface area contributed by atoms with Crippen molar-refractivity contribution in [2.24, 2.45) is 0 Å². The number of rotatable bonds is 6. The number of amides is 2. The molecule has 7 nitrogen and oxygen atoms in total. The molecule has 0 bridgehead atoms. The predicted octanol–water partition coefficient (Wildman–Crippen LogP) is 3.67. The van der Waals surface area contributed by atoms with E-state index in [1.165, 1.54) is 14.2 Å². The van der Waals surface area contributed by atoms with Crippen molar-refractivity contribution in [1.82, 2.24) is 4.90 Å². The zero-order valence-corrected chi connectivity index (χ0v) is 18.2. The van der Waals surface area contributed by atoms with E-state index in [0.717, 1.165) is 5.69 Å². The average Bonchev–Trinajstić information content (AvgIpc) is 2.78. The molecule has 0 unspecified atom stereocenters. The second-order valence-electron chi connectivity index (χ2n) is 6.91. The lowest BCUT2D eigenvalue weighted by Crippen LogP contribution is -2.48. The number of methoxy groups -OCH3 is 2. The lowest BCUT2D eigenvalue weighted by molar-refractivity contribution is -0.131. The number of hydrogen-bond acceptors (Lipinski definition) is 5. The first-order valence-electron chi connectivity index (χ1n) is 9.82. The molecule has 2 aromatic rings. The maximum atomic E-state index is 12.9. The molecule has 0 spiro atoms. The largest absolute Gasteiger partial charge is 0.497 e. The summed E-state index contributed by atoms with van der Waals surface area (Å²) in [6.07, 6.45) is 0.497. The van der Waals surface area contributed by atoms with Gasteiger partial charge in [0.05, 0.1) is 30.6 Å². The highest BCUT2D eigenvalue weighted by molar-refractivity contribution is 6.34. The lowest BCUT2D eigenvalue weighted by Gasteiger charge is -2.37. The van der Waals surface area contributed by atoms with Gasteiger partial charge >= 0.3 is 0 Å². The lowest BCUT2D eigenvalue weighted by atomic mass is 10.1. The van der Waals surface area contributed by atoms with Crippen LogP contribution in [-0.2, 0) is 4.79 Å². The van der Waals surface area contributed by atoms with Crippen LogP contribution in [-0.4, -0.2) is 57.1 Å². The second kappa shape index (κ2) is 9.71. The molecule has 1 heterocycles. The number of carbonyl (C=O) groups is 2. The third-order valence-electron chi connectivity index (χ3n) is 5.10. The van der Waals surface area contributed by atoms with Crippen LogP contribution in [0.5, 0.6) is 11.5 Å². The Bertz CT molecular complexity index is 904. The Balaban J connectivity index is 1.82.